The quantitative estimate of drug-likeness (QED) is 0.464. The Labute approximate surface area is 168 Å². The molecule has 29 heavy (non-hydrogen) atoms. The summed E-state index contributed by atoms with van der Waals surface area (Å²) in [4.78, 5) is 39.4. The van der Waals surface area contributed by atoms with Crippen molar-refractivity contribution in [1.29, 1.82) is 0 Å². The van der Waals surface area contributed by atoms with Gasteiger partial charge in [-0.25, -0.2) is 4.79 Å². The fourth-order valence-corrected chi connectivity index (χ4v) is 3.35. The zero-order chi connectivity index (χ0) is 20.8. The Kier molecular flexibility index (Phi) is 6.54. The number of H-pyrrole nitrogens is 1. The summed E-state index contributed by atoms with van der Waals surface area (Å²) in [6.07, 6.45) is 3.97. The number of aromatic nitrogens is 1. The molecule has 3 rings (SSSR count). The first-order chi connectivity index (χ1) is 14.0. The molecule has 2 heterocycles. The SMILES string of the molecule is CCOC(=O)C=C[C@H](C[C@@H]1CCNC1=O)NC(=O)c1cc2cc(OC)ccc2[nH]1. The average molecular weight is 399 g/mol. The predicted molar refractivity (Wildman–Crippen MR) is 108 cm³/mol. The highest BCUT2D eigenvalue weighted by Gasteiger charge is 2.27. The van der Waals surface area contributed by atoms with E-state index in [1.807, 2.05) is 18.2 Å². The summed E-state index contributed by atoms with van der Waals surface area (Å²) >= 11 is 0. The molecule has 1 saturated heterocycles. The third-order valence-electron chi connectivity index (χ3n) is 4.84. The number of hydrogen-bond acceptors (Lipinski definition) is 5. The van der Waals surface area contributed by atoms with E-state index in [4.69, 9.17) is 9.47 Å². The number of methoxy groups -OCH3 is 1. The summed E-state index contributed by atoms with van der Waals surface area (Å²) in [5.41, 5.74) is 1.20. The number of carbonyl (C=O) groups is 3. The lowest BCUT2D eigenvalue weighted by molar-refractivity contribution is -0.137. The summed E-state index contributed by atoms with van der Waals surface area (Å²) in [6, 6.07) is 6.74. The van der Waals surface area contributed by atoms with Gasteiger partial charge in [-0.15, -0.1) is 0 Å². The van der Waals surface area contributed by atoms with Crippen LogP contribution in [0.4, 0.5) is 0 Å². The second-order valence-corrected chi connectivity index (χ2v) is 6.84. The number of esters is 1. The van der Waals surface area contributed by atoms with Crippen LogP contribution in [0.5, 0.6) is 5.75 Å². The van der Waals surface area contributed by atoms with E-state index in [0.29, 0.717) is 30.8 Å². The molecule has 1 fully saturated rings. The monoisotopic (exact) mass is 399 g/mol. The van der Waals surface area contributed by atoms with Crippen LogP contribution in [0, 0.1) is 5.92 Å². The van der Waals surface area contributed by atoms with Crippen LogP contribution in [0.25, 0.3) is 10.9 Å². The maximum absolute atomic E-state index is 12.8. The summed E-state index contributed by atoms with van der Waals surface area (Å²) in [7, 11) is 1.58. The van der Waals surface area contributed by atoms with Crippen molar-refractivity contribution in [1.82, 2.24) is 15.6 Å². The molecule has 0 radical (unpaired) electrons. The van der Waals surface area contributed by atoms with Gasteiger partial charge >= 0.3 is 5.97 Å². The van der Waals surface area contributed by atoms with Gasteiger partial charge < -0.3 is 25.1 Å². The van der Waals surface area contributed by atoms with E-state index in [1.165, 1.54) is 6.08 Å². The number of fused-ring (bicyclic) bond motifs is 1. The highest BCUT2D eigenvalue weighted by atomic mass is 16.5. The van der Waals surface area contributed by atoms with Crippen LogP contribution < -0.4 is 15.4 Å². The second-order valence-electron chi connectivity index (χ2n) is 6.84. The zero-order valence-electron chi connectivity index (χ0n) is 16.5. The second kappa shape index (κ2) is 9.27. The molecule has 2 aromatic rings. The van der Waals surface area contributed by atoms with Gasteiger partial charge in [-0.2, -0.15) is 0 Å². The molecular weight excluding hydrogens is 374 g/mol. The molecule has 8 heteroatoms. The Morgan fingerprint density at radius 3 is 2.86 bits per heavy atom. The lowest BCUT2D eigenvalue weighted by Crippen LogP contribution is -2.36. The first kappa shape index (κ1) is 20.4. The van der Waals surface area contributed by atoms with Crippen molar-refractivity contribution in [2.24, 2.45) is 5.92 Å². The van der Waals surface area contributed by atoms with Gasteiger partial charge in [0, 0.05) is 35.5 Å². The predicted octanol–water partition coefficient (Wildman–Crippen LogP) is 1.92. The molecule has 0 aliphatic carbocycles. The molecule has 8 nitrogen and oxygen atoms in total. The van der Waals surface area contributed by atoms with Gasteiger partial charge in [0.05, 0.1) is 13.7 Å². The zero-order valence-corrected chi connectivity index (χ0v) is 16.5. The molecule has 154 valence electrons. The molecule has 0 bridgehead atoms. The molecule has 2 amide bonds. The van der Waals surface area contributed by atoms with Crippen LogP contribution in [0.15, 0.2) is 36.4 Å². The largest absolute Gasteiger partial charge is 0.497 e. The van der Waals surface area contributed by atoms with Crippen LogP contribution >= 0.6 is 0 Å². The normalized spacial score (nSPS) is 17.3. The summed E-state index contributed by atoms with van der Waals surface area (Å²) in [6.45, 7) is 2.61. The fourth-order valence-electron chi connectivity index (χ4n) is 3.35. The Morgan fingerprint density at radius 2 is 2.17 bits per heavy atom. The van der Waals surface area contributed by atoms with Crippen LogP contribution in [0.1, 0.15) is 30.3 Å². The highest BCUT2D eigenvalue weighted by molar-refractivity contribution is 5.98. The molecule has 1 aromatic carbocycles. The summed E-state index contributed by atoms with van der Waals surface area (Å²) in [5, 5.41) is 6.53. The van der Waals surface area contributed by atoms with Crippen molar-refractivity contribution in [3.63, 3.8) is 0 Å². The number of rotatable bonds is 8. The van der Waals surface area contributed by atoms with Crippen molar-refractivity contribution in [3.05, 3.63) is 42.1 Å². The number of hydrogen-bond donors (Lipinski definition) is 3. The molecule has 0 unspecified atom stereocenters. The van der Waals surface area contributed by atoms with E-state index >= 15 is 0 Å². The van der Waals surface area contributed by atoms with Gasteiger partial charge in [-0.1, -0.05) is 6.08 Å². The third kappa shape index (κ3) is 5.16. The van der Waals surface area contributed by atoms with Crippen molar-refractivity contribution >= 4 is 28.7 Å². The van der Waals surface area contributed by atoms with E-state index in [1.54, 1.807) is 26.2 Å². The van der Waals surface area contributed by atoms with Gasteiger partial charge in [0.2, 0.25) is 5.91 Å². The fraction of sp³-hybridized carbons (Fsp3) is 0.381. The molecule has 0 saturated carbocycles. The Hall–Kier alpha value is -3.29. The van der Waals surface area contributed by atoms with Crippen molar-refractivity contribution in [2.45, 2.75) is 25.8 Å². The molecule has 3 N–H and O–H groups in total. The number of nitrogens with one attached hydrogen (secondary N) is 3. The Balaban J connectivity index is 1.75. The van der Waals surface area contributed by atoms with Crippen molar-refractivity contribution in [3.8, 4) is 5.75 Å². The van der Waals surface area contributed by atoms with Crippen LogP contribution in [0.2, 0.25) is 0 Å². The maximum atomic E-state index is 12.8. The lowest BCUT2D eigenvalue weighted by atomic mass is 9.98. The minimum absolute atomic E-state index is 0.0357. The Morgan fingerprint density at radius 1 is 1.34 bits per heavy atom. The number of aromatic amines is 1. The molecule has 0 spiro atoms. The average Bonchev–Trinajstić information content (AvgIpc) is 3.31. The smallest absolute Gasteiger partial charge is 0.330 e. The number of amides is 2. The molecule has 1 aliphatic heterocycles. The number of benzene rings is 1. The molecule has 2 atom stereocenters. The van der Waals surface area contributed by atoms with E-state index in [-0.39, 0.29) is 24.3 Å². The van der Waals surface area contributed by atoms with Gasteiger partial charge in [0.1, 0.15) is 11.4 Å². The minimum Gasteiger partial charge on any atom is -0.497 e. The molecule has 1 aromatic heterocycles. The van der Waals surface area contributed by atoms with E-state index in [2.05, 4.69) is 15.6 Å². The first-order valence-electron chi connectivity index (χ1n) is 9.60. The van der Waals surface area contributed by atoms with Crippen molar-refractivity contribution < 1.29 is 23.9 Å². The van der Waals surface area contributed by atoms with Crippen LogP contribution in [0.3, 0.4) is 0 Å². The minimum atomic E-state index is -0.486. The number of ether oxygens (including phenoxy) is 2. The van der Waals surface area contributed by atoms with E-state index < -0.39 is 12.0 Å². The molecule has 1 aliphatic rings. The molecular formula is C21H25N3O5. The van der Waals surface area contributed by atoms with Crippen LogP contribution in [-0.4, -0.2) is 49.1 Å². The Bertz CT molecular complexity index is 934. The summed E-state index contributed by atoms with van der Waals surface area (Å²) < 4.78 is 10.1. The third-order valence-corrected chi connectivity index (χ3v) is 4.84. The number of carbonyl (C=O) groups excluding carboxylic acids is 3. The standard InChI is InChI=1S/C21H25N3O5/c1-3-29-19(25)7-4-15(10-13-8-9-22-20(13)26)23-21(27)18-12-14-11-16(28-2)5-6-17(14)24-18/h4-7,11-13,15,24H,3,8-10H2,1-2H3,(H,22,26)(H,23,27)/t13-,15+/m0/s1. The maximum Gasteiger partial charge on any atom is 0.330 e. The highest BCUT2D eigenvalue weighted by Crippen LogP contribution is 2.22. The summed E-state index contributed by atoms with van der Waals surface area (Å²) in [5.74, 6) is -0.353. The van der Waals surface area contributed by atoms with Gasteiger partial charge in [-0.3, -0.25) is 9.59 Å². The van der Waals surface area contributed by atoms with Gasteiger partial charge in [-0.05, 0) is 44.0 Å². The topological polar surface area (TPSA) is 110 Å². The lowest BCUT2D eigenvalue weighted by Gasteiger charge is -2.17. The van der Waals surface area contributed by atoms with Crippen molar-refractivity contribution in [2.75, 3.05) is 20.3 Å². The van der Waals surface area contributed by atoms with Gasteiger partial charge in [0.15, 0.2) is 0 Å². The van der Waals surface area contributed by atoms with Gasteiger partial charge in [0.25, 0.3) is 5.91 Å². The van der Waals surface area contributed by atoms with Crippen LogP contribution in [-0.2, 0) is 14.3 Å². The van der Waals surface area contributed by atoms with E-state index in [9.17, 15) is 14.4 Å². The van der Waals surface area contributed by atoms with E-state index in [0.717, 1.165) is 10.9 Å². The first-order valence-corrected chi connectivity index (χ1v) is 9.60.